The van der Waals surface area contributed by atoms with E-state index in [0.717, 1.165) is 27.6 Å². The van der Waals surface area contributed by atoms with Crippen molar-refractivity contribution in [2.75, 3.05) is 6.61 Å². The van der Waals surface area contributed by atoms with Crippen molar-refractivity contribution in [3.05, 3.63) is 86.0 Å². The van der Waals surface area contributed by atoms with E-state index in [9.17, 15) is 25.0 Å². The zero-order valence-corrected chi connectivity index (χ0v) is 24.3. The van der Waals surface area contributed by atoms with Gasteiger partial charge < -0.3 is 23.6 Å². The first-order chi connectivity index (χ1) is 19.9. The van der Waals surface area contributed by atoms with E-state index >= 15 is 4.39 Å². The van der Waals surface area contributed by atoms with Gasteiger partial charge in [0.15, 0.2) is 12.4 Å². The van der Waals surface area contributed by atoms with Gasteiger partial charge in [-0.25, -0.2) is 14.3 Å². The Morgan fingerprint density at radius 3 is 2.67 bits per heavy atom. The largest absolute Gasteiger partial charge is 0.462 e. The van der Waals surface area contributed by atoms with E-state index in [0.29, 0.717) is 0 Å². The third-order valence-corrected chi connectivity index (χ3v) is 8.61. The Morgan fingerprint density at radius 2 is 2.00 bits per heavy atom. The van der Waals surface area contributed by atoms with E-state index in [4.69, 9.17) is 30.3 Å². The van der Waals surface area contributed by atoms with Crippen LogP contribution in [0.2, 0.25) is 0 Å². The topological polar surface area (TPSA) is 190 Å². The van der Waals surface area contributed by atoms with Gasteiger partial charge in [0.2, 0.25) is 5.72 Å². The van der Waals surface area contributed by atoms with E-state index in [-0.39, 0.29) is 5.75 Å². The van der Waals surface area contributed by atoms with Crippen molar-refractivity contribution in [1.82, 2.24) is 14.6 Å². The standard InChI is InChI=1S/C25H28FN6O8PS/c1-14(2)38-23(35)15(3)29-41(42,40-18-9-8-16-6-4-5-7-17(16)12-18)37-13-25(30-31-27)21(26)20(34)22(39-25)32-11-10-19(33)28-24(32)36/h4-12,14-15,20-22,34H,13H2,1-3H3,(H,29,42)(H,28,33,36)/t15-,20+,21-,22+,25+,41?/m0/s1. The molecule has 3 N–H and O–H groups in total. The molecule has 0 amide bonds. The zero-order valence-electron chi connectivity index (χ0n) is 22.6. The normalized spacial score (nSPS) is 24.1. The average molecular weight is 623 g/mol. The van der Waals surface area contributed by atoms with Gasteiger partial charge in [-0.05, 0) is 61.0 Å². The molecule has 2 aromatic carbocycles. The molecule has 1 aliphatic rings. The molecule has 1 fully saturated rings. The summed E-state index contributed by atoms with van der Waals surface area (Å²) in [5, 5.41) is 18.6. The van der Waals surface area contributed by atoms with Crippen molar-refractivity contribution in [2.24, 2.45) is 5.11 Å². The lowest BCUT2D eigenvalue weighted by Crippen LogP contribution is -2.43. The summed E-state index contributed by atoms with van der Waals surface area (Å²) in [5.74, 6) is -0.406. The number of carbonyl (C=O) groups excluding carboxylic acids is 1. The number of benzene rings is 2. The average Bonchev–Trinajstić information content (AvgIpc) is 3.17. The number of hydrogen-bond acceptors (Lipinski definition) is 10. The lowest BCUT2D eigenvalue weighted by atomic mass is 10.1. The van der Waals surface area contributed by atoms with Gasteiger partial charge in [0.05, 0.1) is 12.7 Å². The Hall–Kier alpha value is -3.62. The summed E-state index contributed by atoms with van der Waals surface area (Å²) in [6, 6.07) is 12.5. The quantitative estimate of drug-likeness (QED) is 0.0941. The summed E-state index contributed by atoms with van der Waals surface area (Å²) in [6.07, 6.45) is -5.57. The van der Waals surface area contributed by atoms with Crippen molar-refractivity contribution in [1.29, 1.82) is 0 Å². The van der Waals surface area contributed by atoms with Crippen LogP contribution in [0, 0.1) is 0 Å². The van der Waals surface area contributed by atoms with Gasteiger partial charge >= 0.3 is 18.3 Å². The van der Waals surface area contributed by atoms with E-state index in [1.165, 1.54) is 6.92 Å². The number of carbonyl (C=O) groups is 1. The minimum atomic E-state index is -3.79. The number of aromatic nitrogens is 2. The highest BCUT2D eigenvalue weighted by Crippen LogP contribution is 2.49. The summed E-state index contributed by atoms with van der Waals surface area (Å²) in [7, 11) is 0. The van der Waals surface area contributed by atoms with Crippen molar-refractivity contribution in [2.45, 2.75) is 57.1 Å². The van der Waals surface area contributed by atoms with Crippen LogP contribution in [-0.2, 0) is 30.6 Å². The Kier molecular flexibility index (Phi) is 9.48. The second kappa shape index (κ2) is 12.7. The highest BCUT2D eigenvalue weighted by atomic mass is 32.5. The van der Waals surface area contributed by atoms with Crippen molar-refractivity contribution in [3.63, 3.8) is 0 Å². The fourth-order valence-corrected chi connectivity index (χ4v) is 6.55. The lowest BCUT2D eigenvalue weighted by Gasteiger charge is -2.31. The first-order valence-electron chi connectivity index (χ1n) is 12.7. The number of halogens is 1. The van der Waals surface area contributed by atoms with Gasteiger partial charge in [0, 0.05) is 17.2 Å². The van der Waals surface area contributed by atoms with E-state index in [1.807, 2.05) is 29.2 Å². The number of nitrogens with zero attached hydrogens (tertiary/aromatic N) is 4. The number of hydrogen-bond donors (Lipinski definition) is 3. The monoisotopic (exact) mass is 622 g/mol. The number of esters is 1. The number of ether oxygens (including phenoxy) is 2. The number of nitrogens with one attached hydrogen (secondary N) is 2. The van der Waals surface area contributed by atoms with Crippen LogP contribution in [-0.4, -0.2) is 57.4 Å². The highest BCUT2D eigenvalue weighted by molar-refractivity contribution is 8.09. The molecule has 0 bridgehead atoms. The molecule has 1 aromatic heterocycles. The molecule has 4 rings (SSSR count). The third-order valence-electron chi connectivity index (χ3n) is 6.13. The number of aliphatic hydroxyl groups excluding tert-OH is 1. The van der Waals surface area contributed by atoms with Gasteiger partial charge in [-0.2, -0.15) is 0 Å². The number of aromatic amines is 1. The maximum Gasteiger partial charge on any atom is 0.330 e. The molecule has 3 aromatic rings. The maximum absolute atomic E-state index is 15.6. The van der Waals surface area contributed by atoms with Gasteiger partial charge in [0.1, 0.15) is 17.9 Å². The smallest absolute Gasteiger partial charge is 0.330 e. The van der Waals surface area contributed by atoms with Gasteiger partial charge in [-0.3, -0.25) is 19.1 Å². The molecule has 1 aliphatic heterocycles. The van der Waals surface area contributed by atoms with Crippen LogP contribution in [0.1, 0.15) is 27.0 Å². The van der Waals surface area contributed by atoms with Crippen LogP contribution < -0.4 is 20.9 Å². The number of alkyl halides is 1. The van der Waals surface area contributed by atoms with Crippen molar-refractivity contribution >= 4 is 35.2 Å². The fraction of sp³-hybridized carbons (Fsp3) is 0.400. The predicted molar refractivity (Wildman–Crippen MR) is 153 cm³/mol. The zero-order chi connectivity index (χ0) is 30.7. The second-order valence-corrected chi connectivity index (χ2v) is 12.8. The van der Waals surface area contributed by atoms with Crippen LogP contribution in [0.3, 0.4) is 0 Å². The van der Waals surface area contributed by atoms with E-state index in [2.05, 4.69) is 15.1 Å². The van der Waals surface area contributed by atoms with Crippen molar-refractivity contribution < 1.29 is 32.8 Å². The molecular formula is C25H28FN6O8PS. The molecule has 0 aliphatic carbocycles. The predicted octanol–water partition coefficient (Wildman–Crippen LogP) is 3.17. The van der Waals surface area contributed by atoms with Crippen LogP contribution in [0.4, 0.5) is 4.39 Å². The van der Waals surface area contributed by atoms with Gasteiger partial charge in [-0.1, -0.05) is 35.4 Å². The first kappa shape index (κ1) is 31.3. The van der Waals surface area contributed by atoms with Crippen molar-refractivity contribution in [3.8, 4) is 5.75 Å². The Morgan fingerprint density at radius 1 is 1.29 bits per heavy atom. The first-order valence-corrected chi connectivity index (χ1v) is 15.3. The fourth-order valence-electron chi connectivity index (χ4n) is 4.16. The molecule has 0 spiro atoms. The summed E-state index contributed by atoms with van der Waals surface area (Å²) >= 11 is 5.69. The van der Waals surface area contributed by atoms with E-state index in [1.54, 1.807) is 32.0 Å². The minimum absolute atomic E-state index is 0.258. The molecule has 14 nitrogen and oxygen atoms in total. The second-order valence-electron chi connectivity index (χ2n) is 9.66. The molecule has 2 heterocycles. The van der Waals surface area contributed by atoms with Crippen LogP contribution in [0.5, 0.6) is 5.75 Å². The molecule has 0 radical (unpaired) electrons. The number of aliphatic hydroxyl groups is 1. The molecule has 17 heteroatoms. The lowest BCUT2D eigenvalue weighted by molar-refractivity contribution is -0.149. The third kappa shape index (κ3) is 6.88. The maximum atomic E-state index is 15.6. The molecule has 6 atom stereocenters. The Balaban J connectivity index is 1.65. The van der Waals surface area contributed by atoms with Crippen LogP contribution in [0.15, 0.2) is 69.4 Å². The Bertz CT molecular complexity index is 1680. The number of fused-ring (bicyclic) bond motifs is 1. The molecule has 1 saturated heterocycles. The molecule has 224 valence electrons. The SMILES string of the molecule is CC(C)OC(=O)[C@H](C)NP(=S)(OC[C@@]1(N=[N+]=[N-])O[C@@H](n2ccc(=O)[nH]c2=O)[C@H](O)[C@@H]1F)Oc1ccc2ccccc2c1. The summed E-state index contributed by atoms with van der Waals surface area (Å²) in [6.45, 7) is 0.116. The number of H-pyrrole nitrogens is 1. The van der Waals surface area contributed by atoms with Crippen LogP contribution in [0.25, 0.3) is 21.2 Å². The highest BCUT2D eigenvalue weighted by Gasteiger charge is 2.57. The van der Waals surface area contributed by atoms with Crippen LogP contribution >= 0.6 is 6.64 Å². The molecular weight excluding hydrogens is 594 g/mol. The molecule has 1 unspecified atom stereocenters. The minimum Gasteiger partial charge on any atom is -0.462 e. The molecule has 0 saturated carbocycles. The molecule has 42 heavy (non-hydrogen) atoms. The Labute approximate surface area is 243 Å². The summed E-state index contributed by atoms with van der Waals surface area (Å²) in [5.41, 5.74) is 5.00. The number of azide groups is 1. The summed E-state index contributed by atoms with van der Waals surface area (Å²) < 4.78 is 39.1. The van der Waals surface area contributed by atoms with E-state index < -0.39 is 66.8 Å². The summed E-state index contributed by atoms with van der Waals surface area (Å²) in [4.78, 5) is 41.0. The van der Waals surface area contributed by atoms with Gasteiger partial charge in [-0.15, -0.1) is 0 Å². The number of rotatable bonds is 11. The van der Waals surface area contributed by atoms with Gasteiger partial charge in [0.25, 0.3) is 5.56 Å².